The van der Waals surface area contributed by atoms with Crippen LogP contribution in [0.5, 0.6) is 0 Å². The average Bonchev–Trinajstić information content (AvgIpc) is 3.53. The van der Waals surface area contributed by atoms with E-state index in [0.717, 1.165) is 28.1 Å². The zero-order valence-electron chi connectivity index (χ0n) is 15.8. The van der Waals surface area contributed by atoms with Crippen molar-refractivity contribution in [2.45, 2.75) is 38.5 Å². The molecular weight excluding hydrogens is 332 g/mol. The van der Waals surface area contributed by atoms with E-state index in [9.17, 15) is 4.79 Å². The lowest BCUT2D eigenvalue weighted by Crippen LogP contribution is -2.18. The number of amides is 1. The van der Waals surface area contributed by atoms with Crippen molar-refractivity contribution >= 4 is 11.6 Å². The van der Waals surface area contributed by atoms with Crippen molar-refractivity contribution in [3.05, 3.63) is 83.7 Å². The van der Waals surface area contributed by atoms with E-state index in [4.69, 9.17) is 0 Å². The van der Waals surface area contributed by atoms with E-state index in [1.807, 2.05) is 56.4 Å². The molecule has 0 aliphatic heterocycles. The van der Waals surface area contributed by atoms with E-state index in [0.29, 0.717) is 5.92 Å². The zero-order chi connectivity index (χ0) is 18.8. The number of hydrogen-bond acceptors (Lipinski definition) is 2. The van der Waals surface area contributed by atoms with Gasteiger partial charge < -0.3 is 5.32 Å². The van der Waals surface area contributed by atoms with Gasteiger partial charge in [0.05, 0.1) is 5.92 Å². The number of anilines is 1. The number of nitrogens with zero attached hydrogens (tertiary/aromatic N) is 1. The second-order valence-corrected chi connectivity index (χ2v) is 7.42. The van der Waals surface area contributed by atoms with Crippen LogP contribution in [0.1, 0.15) is 48.4 Å². The summed E-state index contributed by atoms with van der Waals surface area (Å²) in [5.41, 5.74) is 6.51. The van der Waals surface area contributed by atoms with Crippen molar-refractivity contribution in [1.82, 2.24) is 4.98 Å². The second-order valence-electron chi connectivity index (χ2n) is 7.42. The Morgan fingerprint density at radius 3 is 2.52 bits per heavy atom. The Kier molecular flexibility index (Phi) is 4.76. The van der Waals surface area contributed by atoms with Gasteiger partial charge in [0.25, 0.3) is 0 Å². The van der Waals surface area contributed by atoms with Crippen molar-refractivity contribution in [1.29, 1.82) is 0 Å². The molecule has 3 aromatic rings. The molecule has 1 atom stereocenters. The van der Waals surface area contributed by atoms with Gasteiger partial charge in [-0.25, -0.2) is 0 Å². The first kappa shape index (κ1) is 17.5. The van der Waals surface area contributed by atoms with Crippen LogP contribution >= 0.6 is 0 Å². The molecule has 0 saturated heterocycles. The monoisotopic (exact) mass is 356 g/mol. The molecule has 1 amide bonds. The molecule has 4 rings (SSSR count). The second kappa shape index (κ2) is 7.36. The fourth-order valence-electron chi connectivity index (χ4n) is 3.37. The summed E-state index contributed by atoms with van der Waals surface area (Å²) < 4.78 is 0. The molecule has 2 aromatic carbocycles. The van der Waals surface area contributed by atoms with Gasteiger partial charge in [-0.3, -0.25) is 9.78 Å². The van der Waals surface area contributed by atoms with Crippen LogP contribution in [0.15, 0.2) is 66.9 Å². The van der Waals surface area contributed by atoms with Gasteiger partial charge in [0.2, 0.25) is 5.91 Å². The van der Waals surface area contributed by atoms with E-state index in [1.54, 1.807) is 0 Å². The van der Waals surface area contributed by atoms with Crippen LogP contribution in [0.2, 0.25) is 0 Å². The van der Waals surface area contributed by atoms with Crippen LogP contribution in [0.4, 0.5) is 5.69 Å². The minimum absolute atomic E-state index is 0.0236. The highest BCUT2D eigenvalue weighted by atomic mass is 16.1. The smallest absolute Gasteiger partial charge is 0.231 e. The Balaban J connectivity index is 1.45. The van der Waals surface area contributed by atoms with Crippen molar-refractivity contribution in [3.8, 4) is 11.1 Å². The SMILES string of the molecule is Cc1cc(-c2ccc(NC(=O)C(C)c3cccc(C4CC4)c3)cc2)ccn1. The van der Waals surface area contributed by atoms with Gasteiger partial charge in [-0.05, 0) is 79.1 Å². The van der Waals surface area contributed by atoms with Crippen molar-refractivity contribution in [2.24, 2.45) is 0 Å². The molecule has 1 aromatic heterocycles. The Bertz CT molecular complexity index is 958. The van der Waals surface area contributed by atoms with Gasteiger partial charge in [-0.1, -0.05) is 36.4 Å². The number of pyridine rings is 1. The van der Waals surface area contributed by atoms with Crippen LogP contribution in [0.3, 0.4) is 0 Å². The maximum absolute atomic E-state index is 12.7. The largest absolute Gasteiger partial charge is 0.326 e. The molecule has 1 heterocycles. The average molecular weight is 356 g/mol. The summed E-state index contributed by atoms with van der Waals surface area (Å²) in [5, 5.41) is 3.04. The molecular formula is C24H24N2O. The molecule has 3 nitrogen and oxygen atoms in total. The Morgan fingerprint density at radius 1 is 1.04 bits per heavy atom. The highest BCUT2D eigenvalue weighted by molar-refractivity contribution is 5.95. The first-order valence-electron chi connectivity index (χ1n) is 9.54. The lowest BCUT2D eigenvalue weighted by atomic mass is 9.96. The number of aryl methyl sites for hydroxylation is 1. The van der Waals surface area contributed by atoms with E-state index in [1.165, 1.54) is 18.4 Å². The van der Waals surface area contributed by atoms with E-state index >= 15 is 0 Å². The third kappa shape index (κ3) is 4.08. The molecule has 0 spiro atoms. The Labute approximate surface area is 160 Å². The predicted octanol–water partition coefficient (Wildman–Crippen LogP) is 5.68. The van der Waals surface area contributed by atoms with Crippen LogP contribution in [0.25, 0.3) is 11.1 Å². The number of carbonyl (C=O) groups is 1. The number of carbonyl (C=O) groups excluding carboxylic acids is 1. The predicted molar refractivity (Wildman–Crippen MR) is 110 cm³/mol. The molecule has 1 fully saturated rings. The van der Waals surface area contributed by atoms with E-state index < -0.39 is 0 Å². The molecule has 136 valence electrons. The standard InChI is InChI=1S/C24H24N2O/c1-16-14-22(12-13-25-16)19-8-10-23(11-9-19)26-24(27)17(2)20-4-3-5-21(15-20)18-6-7-18/h3-5,8-15,17-18H,6-7H2,1-2H3,(H,26,27). The quantitative estimate of drug-likeness (QED) is 0.639. The van der Waals surface area contributed by atoms with Crippen LogP contribution < -0.4 is 5.32 Å². The topological polar surface area (TPSA) is 42.0 Å². The lowest BCUT2D eigenvalue weighted by molar-refractivity contribution is -0.117. The summed E-state index contributed by atoms with van der Waals surface area (Å²) in [6.45, 7) is 3.95. The summed E-state index contributed by atoms with van der Waals surface area (Å²) in [4.78, 5) is 16.9. The molecule has 0 radical (unpaired) electrons. The maximum Gasteiger partial charge on any atom is 0.231 e. The highest BCUT2D eigenvalue weighted by Crippen LogP contribution is 2.40. The normalized spacial score (nSPS) is 14.6. The van der Waals surface area contributed by atoms with Gasteiger partial charge >= 0.3 is 0 Å². The van der Waals surface area contributed by atoms with Crippen molar-refractivity contribution < 1.29 is 4.79 Å². The number of rotatable bonds is 5. The molecule has 3 heteroatoms. The van der Waals surface area contributed by atoms with Crippen molar-refractivity contribution in [3.63, 3.8) is 0 Å². The van der Waals surface area contributed by atoms with Gasteiger partial charge in [0.15, 0.2) is 0 Å². The summed E-state index contributed by atoms with van der Waals surface area (Å²) in [7, 11) is 0. The molecule has 1 N–H and O–H groups in total. The number of aromatic nitrogens is 1. The summed E-state index contributed by atoms with van der Waals surface area (Å²) in [6.07, 6.45) is 4.36. The van der Waals surface area contributed by atoms with Gasteiger partial charge in [0.1, 0.15) is 0 Å². The fraction of sp³-hybridized carbons (Fsp3) is 0.250. The van der Waals surface area contributed by atoms with E-state index in [-0.39, 0.29) is 11.8 Å². The number of benzene rings is 2. The molecule has 1 unspecified atom stereocenters. The van der Waals surface area contributed by atoms with Crippen LogP contribution in [-0.4, -0.2) is 10.9 Å². The Morgan fingerprint density at radius 2 is 1.81 bits per heavy atom. The third-order valence-corrected chi connectivity index (χ3v) is 5.24. The molecule has 27 heavy (non-hydrogen) atoms. The first-order chi connectivity index (χ1) is 13.1. The lowest BCUT2D eigenvalue weighted by Gasteiger charge is -2.14. The highest BCUT2D eigenvalue weighted by Gasteiger charge is 2.24. The van der Waals surface area contributed by atoms with Gasteiger partial charge in [-0.2, -0.15) is 0 Å². The summed E-state index contributed by atoms with van der Waals surface area (Å²) >= 11 is 0. The van der Waals surface area contributed by atoms with Crippen LogP contribution in [0, 0.1) is 6.92 Å². The van der Waals surface area contributed by atoms with E-state index in [2.05, 4.69) is 34.6 Å². The van der Waals surface area contributed by atoms with Crippen LogP contribution in [-0.2, 0) is 4.79 Å². The molecule has 0 bridgehead atoms. The minimum Gasteiger partial charge on any atom is -0.326 e. The molecule has 1 aliphatic carbocycles. The number of hydrogen-bond donors (Lipinski definition) is 1. The zero-order valence-corrected chi connectivity index (χ0v) is 15.8. The first-order valence-corrected chi connectivity index (χ1v) is 9.54. The van der Waals surface area contributed by atoms with Gasteiger partial charge in [0, 0.05) is 17.6 Å². The fourth-order valence-corrected chi connectivity index (χ4v) is 3.37. The Hall–Kier alpha value is -2.94. The number of nitrogens with one attached hydrogen (secondary N) is 1. The van der Waals surface area contributed by atoms with Gasteiger partial charge in [-0.15, -0.1) is 0 Å². The summed E-state index contributed by atoms with van der Waals surface area (Å²) in [5.74, 6) is 0.547. The molecule has 1 saturated carbocycles. The van der Waals surface area contributed by atoms with Crippen molar-refractivity contribution in [2.75, 3.05) is 5.32 Å². The molecule has 1 aliphatic rings. The third-order valence-electron chi connectivity index (χ3n) is 5.24. The minimum atomic E-state index is -0.175. The summed E-state index contributed by atoms with van der Waals surface area (Å²) in [6, 6.07) is 20.5. The maximum atomic E-state index is 12.7.